The maximum absolute atomic E-state index is 12.3. The molecule has 3 aliphatic heterocycles. The Bertz CT molecular complexity index is 1410. The Morgan fingerprint density at radius 3 is 2.25 bits per heavy atom. The molecule has 8 fully saturated rings. The fraction of sp³-hybridized carbons (Fsp3) is 0.978. The molecule has 0 aromatic carbocycles. The molecule has 10 nitrogen and oxygen atoms in total. The average molecular weight is 773 g/mol. The van der Waals surface area contributed by atoms with Crippen LogP contribution in [-0.4, -0.2) is 127 Å². The summed E-state index contributed by atoms with van der Waals surface area (Å²) in [5.74, 6) is 1.26. The van der Waals surface area contributed by atoms with Crippen LogP contribution in [0.3, 0.4) is 0 Å². The van der Waals surface area contributed by atoms with Gasteiger partial charge in [0.15, 0.2) is 12.4 Å². The van der Waals surface area contributed by atoms with Crippen LogP contribution in [0.15, 0.2) is 0 Å². The summed E-state index contributed by atoms with van der Waals surface area (Å²) in [6, 6.07) is 1.26. The zero-order valence-electron chi connectivity index (χ0n) is 35.8. The lowest BCUT2D eigenvalue weighted by molar-refractivity contribution is -0.252. The van der Waals surface area contributed by atoms with Crippen molar-refractivity contribution in [2.24, 2.45) is 50.7 Å². The smallest absolute Gasteiger partial charge is 0.303 e. The molecule has 55 heavy (non-hydrogen) atoms. The minimum absolute atomic E-state index is 0.00934. The van der Waals surface area contributed by atoms with E-state index < -0.39 is 23.8 Å². The highest BCUT2D eigenvalue weighted by molar-refractivity contribution is 5.66. The van der Waals surface area contributed by atoms with E-state index in [0.717, 1.165) is 52.2 Å². The minimum Gasteiger partial charge on any atom is -0.457 e. The van der Waals surface area contributed by atoms with Crippen molar-refractivity contribution in [1.29, 1.82) is 0 Å². The molecule has 3 heterocycles. The van der Waals surface area contributed by atoms with Crippen LogP contribution >= 0.6 is 0 Å². The van der Waals surface area contributed by atoms with Crippen molar-refractivity contribution in [2.75, 3.05) is 53.1 Å². The summed E-state index contributed by atoms with van der Waals surface area (Å²) in [6.45, 7) is 23.8. The van der Waals surface area contributed by atoms with Gasteiger partial charge in [-0.15, -0.1) is 0 Å². The molecule has 5 saturated carbocycles. The zero-order valence-corrected chi connectivity index (χ0v) is 35.8. The van der Waals surface area contributed by atoms with Crippen LogP contribution in [0, 0.1) is 50.7 Å². The number of likely N-dealkylation sites (tertiary alicyclic amines) is 1. The third kappa shape index (κ3) is 6.42. The van der Waals surface area contributed by atoms with Gasteiger partial charge in [-0.2, -0.15) is 0 Å². The Morgan fingerprint density at radius 1 is 0.927 bits per heavy atom. The fourth-order valence-corrected chi connectivity index (χ4v) is 15.5. The number of carbonyl (C=O) groups is 1. The summed E-state index contributed by atoms with van der Waals surface area (Å²) in [4.78, 5) is 17.4. The number of piperidine rings is 1. The number of nitrogens with zero attached hydrogens (tertiary/aromatic N) is 2. The second kappa shape index (κ2) is 14.4. The monoisotopic (exact) mass is 773 g/mol. The number of ether oxygens (including phenoxy) is 5. The first-order chi connectivity index (χ1) is 25.9. The number of aliphatic hydroxyl groups is 2. The number of hydrogen-bond donors (Lipinski definition) is 2. The van der Waals surface area contributed by atoms with Gasteiger partial charge in [0.25, 0.3) is 0 Å². The Morgan fingerprint density at radius 2 is 1.62 bits per heavy atom. The number of fused-ring (bicyclic) bond motifs is 2. The maximum atomic E-state index is 12.3. The number of methoxy groups -OCH3 is 1. The highest BCUT2D eigenvalue weighted by Crippen LogP contribution is 2.89. The molecule has 0 radical (unpaired) electrons. The molecule has 8 rings (SSSR count). The molecule has 3 saturated heterocycles. The van der Waals surface area contributed by atoms with Crippen molar-refractivity contribution >= 4 is 5.97 Å². The third-order valence-corrected chi connectivity index (χ3v) is 18.6. The molecule has 0 amide bonds. The maximum Gasteiger partial charge on any atom is 0.303 e. The van der Waals surface area contributed by atoms with Gasteiger partial charge in [0.05, 0.1) is 49.8 Å². The van der Waals surface area contributed by atoms with Crippen molar-refractivity contribution in [3.8, 4) is 0 Å². The van der Waals surface area contributed by atoms with Gasteiger partial charge in [-0.1, -0.05) is 34.6 Å². The SMILES string of the molecule is COC(C[C@@H](C)[C@H]1C[C@H](O)C2(C)C3CC[C@H]4C(C)(C)[C@@H](OC5CN(C6CCN(C7COC7)CC6)CCO5)CC[C@@]45C[C@@]35CC[C@]12C)[C@H](OC(C)=O)C(C)(C)O. The number of aliphatic hydroxyl groups excluding tert-OH is 1. The summed E-state index contributed by atoms with van der Waals surface area (Å²) in [6.07, 6.45) is 10.8. The zero-order chi connectivity index (χ0) is 39.3. The van der Waals surface area contributed by atoms with Gasteiger partial charge in [-0.05, 0) is 130 Å². The quantitative estimate of drug-likeness (QED) is 0.241. The number of esters is 1. The van der Waals surface area contributed by atoms with Crippen LogP contribution in [0.1, 0.15) is 126 Å². The largest absolute Gasteiger partial charge is 0.457 e. The van der Waals surface area contributed by atoms with Gasteiger partial charge in [0.1, 0.15) is 0 Å². The first kappa shape index (κ1) is 40.9. The van der Waals surface area contributed by atoms with Crippen LogP contribution in [0.4, 0.5) is 0 Å². The van der Waals surface area contributed by atoms with Crippen LogP contribution in [0.5, 0.6) is 0 Å². The summed E-state index contributed by atoms with van der Waals surface area (Å²) < 4.78 is 30.5. The lowest BCUT2D eigenvalue weighted by Gasteiger charge is -2.64. The van der Waals surface area contributed by atoms with Gasteiger partial charge in [0, 0.05) is 51.7 Å². The second-order valence-corrected chi connectivity index (χ2v) is 21.6. The highest BCUT2D eigenvalue weighted by atomic mass is 16.7. The Hall–Kier alpha value is -0.850. The summed E-state index contributed by atoms with van der Waals surface area (Å²) >= 11 is 0. The predicted octanol–water partition coefficient (Wildman–Crippen LogP) is 6.05. The standard InChI is InChI=1S/C45H76N2O8/c1-28(22-33(51-9)39(41(5,6)50)54-29(2)48)32-23-36(49)43(8)35-11-10-34-40(3,4)37(12-15-44(34)27-45(35,44)17-16-42(32,43)7)55-38-24-47(20-21-53-38)30-13-18-46(19-14-30)31-25-52-26-31/h28,30-39,49-50H,10-27H2,1-9H3/t28-,32-,33?,34+,35?,36+,37+,38?,39+,42-,43?,44-,45+/m1/s1. The number of morpholine rings is 1. The average Bonchev–Trinajstić information content (AvgIpc) is 3.73. The summed E-state index contributed by atoms with van der Waals surface area (Å²) in [5, 5.41) is 23.3. The predicted molar refractivity (Wildman–Crippen MR) is 210 cm³/mol. The molecule has 0 bridgehead atoms. The molecule has 4 unspecified atom stereocenters. The summed E-state index contributed by atoms with van der Waals surface area (Å²) in [5.41, 5.74) is -0.691. The van der Waals surface area contributed by atoms with E-state index in [2.05, 4.69) is 44.4 Å². The van der Waals surface area contributed by atoms with E-state index in [-0.39, 0.29) is 40.7 Å². The number of carbonyl (C=O) groups excluding carboxylic acids is 1. The van der Waals surface area contributed by atoms with E-state index in [1.807, 2.05) is 0 Å². The number of hydrogen-bond acceptors (Lipinski definition) is 10. The van der Waals surface area contributed by atoms with Crippen LogP contribution < -0.4 is 0 Å². The first-order valence-corrected chi connectivity index (χ1v) is 22.3. The molecule has 13 atom stereocenters. The Balaban J connectivity index is 0.932. The third-order valence-electron chi connectivity index (χ3n) is 18.6. The first-order valence-electron chi connectivity index (χ1n) is 22.3. The normalized spacial score (nSPS) is 45.3. The Labute approximate surface area is 332 Å². The molecule has 5 aliphatic carbocycles. The van der Waals surface area contributed by atoms with Crippen molar-refractivity contribution in [2.45, 2.75) is 174 Å². The molecule has 314 valence electrons. The lowest BCUT2D eigenvalue weighted by atomic mass is 9.41. The van der Waals surface area contributed by atoms with Gasteiger partial charge >= 0.3 is 5.97 Å². The topological polar surface area (TPSA) is 110 Å². The van der Waals surface area contributed by atoms with E-state index in [4.69, 9.17) is 23.7 Å². The van der Waals surface area contributed by atoms with E-state index in [1.165, 1.54) is 65.0 Å². The summed E-state index contributed by atoms with van der Waals surface area (Å²) in [7, 11) is 1.65. The lowest BCUT2D eigenvalue weighted by Crippen LogP contribution is -2.60. The van der Waals surface area contributed by atoms with Gasteiger partial charge in [0.2, 0.25) is 0 Å². The molecular formula is C45H76N2O8. The van der Waals surface area contributed by atoms with E-state index in [1.54, 1.807) is 21.0 Å². The van der Waals surface area contributed by atoms with Gasteiger partial charge < -0.3 is 33.9 Å². The fourth-order valence-electron chi connectivity index (χ4n) is 15.5. The minimum atomic E-state index is -1.24. The molecule has 2 N–H and O–H groups in total. The molecule has 0 aromatic heterocycles. The molecule has 8 aliphatic rings. The van der Waals surface area contributed by atoms with Crippen LogP contribution in [0.25, 0.3) is 0 Å². The molecular weight excluding hydrogens is 697 g/mol. The van der Waals surface area contributed by atoms with Gasteiger partial charge in [-0.3, -0.25) is 14.6 Å². The second-order valence-electron chi connectivity index (χ2n) is 21.6. The van der Waals surface area contributed by atoms with Gasteiger partial charge in [-0.25, -0.2) is 0 Å². The van der Waals surface area contributed by atoms with Crippen molar-refractivity contribution in [3.63, 3.8) is 0 Å². The van der Waals surface area contributed by atoms with Crippen molar-refractivity contribution in [3.05, 3.63) is 0 Å². The van der Waals surface area contributed by atoms with E-state index in [0.29, 0.717) is 47.1 Å². The molecule has 10 heteroatoms. The Kier molecular flexibility index (Phi) is 10.7. The van der Waals surface area contributed by atoms with Crippen LogP contribution in [0.2, 0.25) is 0 Å². The molecule has 2 spiro atoms. The molecule has 0 aromatic rings. The van der Waals surface area contributed by atoms with Crippen molar-refractivity contribution < 1.29 is 38.7 Å². The van der Waals surface area contributed by atoms with Crippen LogP contribution in [-0.2, 0) is 28.5 Å². The highest BCUT2D eigenvalue weighted by Gasteiger charge is 2.83. The van der Waals surface area contributed by atoms with E-state index in [9.17, 15) is 15.0 Å². The van der Waals surface area contributed by atoms with E-state index >= 15 is 0 Å². The van der Waals surface area contributed by atoms with Crippen molar-refractivity contribution in [1.82, 2.24) is 9.80 Å². The number of rotatable bonds is 11.